The number of nitrogens with zero attached hydrogens (tertiary/aromatic N) is 2. The Morgan fingerprint density at radius 1 is 1.15 bits per heavy atom. The van der Waals surface area contributed by atoms with E-state index in [1.54, 1.807) is 19.2 Å². The van der Waals surface area contributed by atoms with Crippen molar-refractivity contribution in [3.05, 3.63) is 58.4 Å². The number of hydrogen-bond acceptors (Lipinski definition) is 6. The molecule has 0 aliphatic heterocycles. The standard InChI is InChI=1S/C19H16Cl2N2O4/c1-25-14-8-5-12(6-9-14)19-22-17(27-23-19)3-2-4-18(24)26-16-10-7-13(20)11-15(16)21/h5-11H,2-4H2,1H3. The van der Waals surface area contributed by atoms with Crippen LogP contribution in [0.25, 0.3) is 11.4 Å². The number of carbonyl (C=O) groups is 1. The summed E-state index contributed by atoms with van der Waals surface area (Å²) in [6.45, 7) is 0. The minimum absolute atomic E-state index is 0.194. The summed E-state index contributed by atoms with van der Waals surface area (Å²) >= 11 is 11.8. The number of benzene rings is 2. The Labute approximate surface area is 166 Å². The highest BCUT2D eigenvalue weighted by Gasteiger charge is 2.12. The average Bonchev–Trinajstić information content (AvgIpc) is 3.13. The monoisotopic (exact) mass is 406 g/mol. The van der Waals surface area contributed by atoms with Gasteiger partial charge in [-0.05, 0) is 48.9 Å². The van der Waals surface area contributed by atoms with Crippen molar-refractivity contribution >= 4 is 29.2 Å². The predicted molar refractivity (Wildman–Crippen MR) is 101 cm³/mol. The Kier molecular flexibility index (Phi) is 6.32. The van der Waals surface area contributed by atoms with E-state index < -0.39 is 5.97 Å². The lowest BCUT2D eigenvalue weighted by molar-refractivity contribution is -0.134. The van der Waals surface area contributed by atoms with Crippen LogP contribution in [-0.4, -0.2) is 23.2 Å². The third-order valence-corrected chi connectivity index (χ3v) is 4.24. The number of halogens is 2. The lowest BCUT2D eigenvalue weighted by Crippen LogP contribution is -2.08. The van der Waals surface area contributed by atoms with E-state index in [4.69, 9.17) is 37.2 Å². The van der Waals surface area contributed by atoms with Crippen LogP contribution in [0.5, 0.6) is 11.5 Å². The first-order valence-electron chi connectivity index (χ1n) is 8.18. The molecule has 0 radical (unpaired) electrons. The first-order chi connectivity index (χ1) is 13.0. The van der Waals surface area contributed by atoms with Gasteiger partial charge < -0.3 is 14.0 Å². The highest BCUT2D eigenvalue weighted by Crippen LogP contribution is 2.28. The molecule has 2 aromatic carbocycles. The quantitative estimate of drug-likeness (QED) is 0.406. The minimum Gasteiger partial charge on any atom is -0.497 e. The van der Waals surface area contributed by atoms with Crippen LogP contribution in [0.4, 0.5) is 0 Å². The lowest BCUT2D eigenvalue weighted by Gasteiger charge is -2.05. The van der Waals surface area contributed by atoms with Gasteiger partial charge in [0, 0.05) is 23.4 Å². The van der Waals surface area contributed by atoms with Crippen molar-refractivity contribution in [3.63, 3.8) is 0 Å². The second-order valence-electron chi connectivity index (χ2n) is 5.64. The van der Waals surface area contributed by atoms with E-state index in [-0.39, 0.29) is 17.2 Å². The summed E-state index contributed by atoms with van der Waals surface area (Å²) in [5.41, 5.74) is 0.822. The molecule has 0 aliphatic rings. The fourth-order valence-corrected chi connectivity index (χ4v) is 2.78. The van der Waals surface area contributed by atoms with Crippen molar-refractivity contribution in [3.8, 4) is 22.9 Å². The maximum Gasteiger partial charge on any atom is 0.311 e. The molecule has 0 N–H and O–H groups in total. The molecule has 0 fully saturated rings. The summed E-state index contributed by atoms with van der Waals surface area (Å²) in [6, 6.07) is 12.0. The molecule has 0 saturated carbocycles. The molecule has 3 aromatic rings. The molecule has 0 spiro atoms. The molecule has 0 aliphatic carbocycles. The predicted octanol–water partition coefficient (Wildman–Crippen LogP) is 4.98. The number of hydrogen-bond donors (Lipinski definition) is 0. The molecule has 140 valence electrons. The Morgan fingerprint density at radius 3 is 2.63 bits per heavy atom. The van der Waals surface area contributed by atoms with Crippen LogP contribution in [0.2, 0.25) is 10.0 Å². The molecule has 6 nitrogen and oxygen atoms in total. The number of carbonyl (C=O) groups excluding carboxylic acids is 1. The second kappa shape index (κ2) is 8.88. The summed E-state index contributed by atoms with van der Waals surface area (Å²) in [4.78, 5) is 16.3. The molecule has 0 bridgehead atoms. The van der Waals surface area contributed by atoms with Crippen molar-refractivity contribution in [2.45, 2.75) is 19.3 Å². The van der Waals surface area contributed by atoms with Gasteiger partial charge in [-0.15, -0.1) is 0 Å². The van der Waals surface area contributed by atoms with Crippen molar-refractivity contribution < 1.29 is 18.8 Å². The van der Waals surface area contributed by atoms with Crippen molar-refractivity contribution in [2.24, 2.45) is 0 Å². The van der Waals surface area contributed by atoms with E-state index in [0.29, 0.717) is 29.6 Å². The largest absolute Gasteiger partial charge is 0.497 e. The first-order valence-corrected chi connectivity index (χ1v) is 8.93. The Bertz CT molecular complexity index is 926. The van der Waals surface area contributed by atoms with Crippen LogP contribution >= 0.6 is 23.2 Å². The van der Waals surface area contributed by atoms with Gasteiger partial charge in [0.25, 0.3) is 0 Å². The van der Waals surface area contributed by atoms with Gasteiger partial charge in [-0.2, -0.15) is 4.98 Å². The van der Waals surface area contributed by atoms with Crippen molar-refractivity contribution in [2.75, 3.05) is 7.11 Å². The van der Waals surface area contributed by atoms with Gasteiger partial charge in [-0.1, -0.05) is 28.4 Å². The third-order valence-electron chi connectivity index (χ3n) is 3.71. The summed E-state index contributed by atoms with van der Waals surface area (Å²) < 4.78 is 15.6. The Balaban J connectivity index is 1.50. The van der Waals surface area contributed by atoms with Crippen LogP contribution in [0, 0.1) is 0 Å². The fraction of sp³-hybridized carbons (Fsp3) is 0.211. The summed E-state index contributed by atoms with van der Waals surface area (Å²) in [5.74, 6) is 1.59. The number of esters is 1. The van der Waals surface area contributed by atoms with Crippen LogP contribution in [0.15, 0.2) is 47.0 Å². The maximum atomic E-state index is 11.9. The topological polar surface area (TPSA) is 74.5 Å². The smallest absolute Gasteiger partial charge is 0.311 e. The highest BCUT2D eigenvalue weighted by molar-refractivity contribution is 6.35. The van der Waals surface area contributed by atoms with Crippen LogP contribution in [0.3, 0.4) is 0 Å². The van der Waals surface area contributed by atoms with Gasteiger partial charge in [-0.25, -0.2) is 0 Å². The normalized spacial score (nSPS) is 10.6. The molecule has 0 atom stereocenters. The number of aryl methyl sites for hydroxylation is 1. The maximum absolute atomic E-state index is 11.9. The molecule has 8 heteroatoms. The second-order valence-corrected chi connectivity index (χ2v) is 6.49. The van der Waals surface area contributed by atoms with Crippen molar-refractivity contribution in [1.82, 2.24) is 10.1 Å². The first kappa shape index (κ1) is 19.2. The zero-order valence-corrected chi connectivity index (χ0v) is 16.0. The number of aromatic nitrogens is 2. The van der Waals surface area contributed by atoms with E-state index in [2.05, 4.69) is 10.1 Å². The third kappa shape index (κ3) is 5.21. The molecule has 27 heavy (non-hydrogen) atoms. The van der Waals surface area contributed by atoms with E-state index in [9.17, 15) is 4.79 Å². The average molecular weight is 407 g/mol. The van der Waals surface area contributed by atoms with E-state index in [0.717, 1.165) is 11.3 Å². The van der Waals surface area contributed by atoms with Gasteiger partial charge in [0.05, 0.1) is 12.1 Å². The molecule has 1 heterocycles. The fourth-order valence-electron chi connectivity index (χ4n) is 2.33. The lowest BCUT2D eigenvalue weighted by atomic mass is 10.2. The molecule has 0 amide bonds. The van der Waals surface area contributed by atoms with Gasteiger partial charge in [-0.3, -0.25) is 4.79 Å². The van der Waals surface area contributed by atoms with Crippen LogP contribution in [-0.2, 0) is 11.2 Å². The van der Waals surface area contributed by atoms with E-state index in [1.807, 2.05) is 24.3 Å². The molecule has 0 saturated heterocycles. The van der Waals surface area contributed by atoms with Crippen LogP contribution < -0.4 is 9.47 Å². The molecular formula is C19H16Cl2N2O4. The molecule has 0 unspecified atom stereocenters. The minimum atomic E-state index is -0.394. The molecular weight excluding hydrogens is 391 g/mol. The zero-order chi connectivity index (χ0) is 19.2. The Hall–Kier alpha value is -2.57. The van der Waals surface area contributed by atoms with Gasteiger partial charge in [0.1, 0.15) is 11.5 Å². The number of methoxy groups -OCH3 is 1. The number of ether oxygens (including phenoxy) is 2. The highest BCUT2D eigenvalue weighted by atomic mass is 35.5. The molecule has 1 aromatic heterocycles. The Morgan fingerprint density at radius 2 is 1.93 bits per heavy atom. The van der Waals surface area contributed by atoms with Crippen LogP contribution in [0.1, 0.15) is 18.7 Å². The van der Waals surface area contributed by atoms with E-state index in [1.165, 1.54) is 6.07 Å². The number of rotatable bonds is 7. The van der Waals surface area contributed by atoms with E-state index >= 15 is 0 Å². The van der Waals surface area contributed by atoms with Gasteiger partial charge in [0.2, 0.25) is 11.7 Å². The van der Waals surface area contributed by atoms with Gasteiger partial charge in [0.15, 0.2) is 0 Å². The summed E-state index contributed by atoms with van der Waals surface area (Å²) in [5, 5.41) is 4.72. The summed E-state index contributed by atoms with van der Waals surface area (Å²) in [6.07, 6.45) is 1.17. The molecule has 3 rings (SSSR count). The van der Waals surface area contributed by atoms with Gasteiger partial charge >= 0.3 is 5.97 Å². The zero-order valence-electron chi connectivity index (χ0n) is 14.4. The van der Waals surface area contributed by atoms with Crippen molar-refractivity contribution in [1.29, 1.82) is 0 Å². The summed E-state index contributed by atoms with van der Waals surface area (Å²) in [7, 11) is 1.60. The SMILES string of the molecule is COc1ccc(-c2noc(CCCC(=O)Oc3ccc(Cl)cc3Cl)n2)cc1.